The van der Waals surface area contributed by atoms with E-state index in [1.807, 2.05) is 6.07 Å². The highest BCUT2D eigenvalue weighted by Crippen LogP contribution is 2.39. The molecule has 0 spiro atoms. The first-order valence-corrected chi connectivity index (χ1v) is 4.40. The van der Waals surface area contributed by atoms with Crippen molar-refractivity contribution in [2.45, 2.75) is 25.7 Å². The molecule has 13 heavy (non-hydrogen) atoms. The molecule has 3 heteroatoms. The van der Waals surface area contributed by atoms with E-state index in [-0.39, 0.29) is 5.97 Å². The van der Waals surface area contributed by atoms with Gasteiger partial charge >= 0.3 is 5.97 Å². The maximum atomic E-state index is 10.6. The van der Waals surface area contributed by atoms with Gasteiger partial charge in [-0.3, -0.25) is 4.79 Å². The van der Waals surface area contributed by atoms with Gasteiger partial charge in [0, 0.05) is 19.2 Å². The highest BCUT2D eigenvalue weighted by molar-refractivity contribution is 5.68. The normalized spacial score (nSPS) is 15.5. The zero-order chi connectivity index (χ0) is 9.26. The van der Waals surface area contributed by atoms with Crippen LogP contribution >= 0.6 is 0 Å². The van der Waals surface area contributed by atoms with Crippen LogP contribution in [-0.4, -0.2) is 11.0 Å². The van der Waals surface area contributed by atoms with Crippen molar-refractivity contribution in [3.63, 3.8) is 0 Å². The van der Waals surface area contributed by atoms with Crippen LogP contribution in [0.25, 0.3) is 0 Å². The van der Waals surface area contributed by atoms with Gasteiger partial charge in [-0.25, -0.2) is 4.98 Å². The van der Waals surface area contributed by atoms with Gasteiger partial charge in [-0.15, -0.1) is 0 Å². The molecule has 0 amide bonds. The van der Waals surface area contributed by atoms with Crippen LogP contribution in [-0.2, 0) is 4.79 Å². The molecule has 0 aromatic carbocycles. The lowest BCUT2D eigenvalue weighted by Gasteiger charge is -2.00. The van der Waals surface area contributed by atoms with Crippen LogP contribution in [0.1, 0.15) is 31.2 Å². The summed E-state index contributed by atoms with van der Waals surface area (Å²) in [5.41, 5.74) is 1.25. The molecule has 0 radical (unpaired) electrons. The van der Waals surface area contributed by atoms with Crippen molar-refractivity contribution in [2.75, 3.05) is 0 Å². The molecule has 1 heterocycles. The number of carbonyl (C=O) groups excluding carboxylic acids is 1. The van der Waals surface area contributed by atoms with Gasteiger partial charge in [-0.05, 0) is 24.3 Å². The van der Waals surface area contributed by atoms with Crippen LogP contribution in [0.3, 0.4) is 0 Å². The maximum Gasteiger partial charge on any atom is 0.309 e. The summed E-state index contributed by atoms with van der Waals surface area (Å²) in [6.07, 6.45) is 4.30. The second kappa shape index (κ2) is 3.17. The summed E-state index contributed by atoms with van der Waals surface area (Å²) in [5, 5.41) is 0. The topological polar surface area (TPSA) is 39.2 Å². The van der Waals surface area contributed by atoms with Gasteiger partial charge in [0.2, 0.25) is 5.88 Å². The van der Waals surface area contributed by atoms with Crippen molar-refractivity contribution in [3.05, 3.63) is 23.9 Å². The molecular formula is C10H11NO2. The Balaban J connectivity index is 2.08. The quantitative estimate of drug-likeness (QED) is 0.647. The van der Waals surface area contributed by atoms with Crippen molar-refractivity contribution in [3.8, 4) is 5.88 Å². The van der Waals surface area contributed by atoms with Crippen molar-refractivity contribution >= 4 is 5.97 Å². The first-order valence-electron chi connectivity index (χ1n) is 4.40. The number of esters is 1. The average molecular weight is 177 g/mol. The van der Waals surface area contributed by atoms with E-state index in [1.54, 1.807) is 12.3 Å². The summed E-state index contributed by atoms with van der Waals surface area (Å²) in [7, 11) is 0. The van der Waals surface area contributed by atoms with Gasteiger partial charge in [0.05, 0.1) is 0 Å². The van der Waals surface area contributed by atoms with E-state index in [2.05, 4.69) is 4.98 Å². The fourth-order valence-electron chi connectivity index (χ4n) is 1.26. The summed E-state index contributed by atoms with van der Waals surface area (Å²) in [6, 6.07) is 3.72. The van der Waals surface area contributed by atoms with Crippen molar-refractivity contribution in [1.82, 2.24) is 4.98 Å². The molecular weight excluding hydrogens is 166 g/mol. The smallest absolute Gasteiger partial charge is 0.309 e. The first-order chi connectivity index (χ1) is 6.25. The molecule has 3 nitrogen and oxygen atoms in total. The molecule has 0 saturated heterocycles. The van der Waals surface area contributed by atoms with Crippen LogP contribution in [0.5, 0.6) is 5.88 Å². The molecule has 2 rings (SSSR count). The number of rotatable bonds is 2. The molecule has 0 unspecified atom stereocenters. The van der Waals surface area contributed by atoms with Gasteiger partial charge in [0.15, 0.2) is 0 Å². The number of aromatic nitrogens is 1. The minimum atomic E-state index is -0.327. The van der Waals surface area contributed by atoms with Crippen LogP contribution in [0.15, 0.2) is 18.3 Å². The average Bonchev–Trinajstić information content (AvgIpc) is 2.87. The first kappa shape index (κ1) is 8.23. The molecule has 0 aliphatic heterocycles. The van der Waals surface area contributed by atoms with Crippen molar-refractivity contribution < 1.29 is 9.53 Å². The van der Waals surface area contributed by atoms with Gasteiger partial charge < -0.3 is 4.74 Å². The largest absolute Gasteiger partial charge is 0.408 e. The lowest BCUT2D eigenvalue weighted by molar-refractivity contribution is -0.132. The third-order valence-corrected chi connectivity index (χ3v) is 2.06. The van der Waals surface area contributed by atoms with E-state index in [9.17, 15) is 4.79 Å². The minimum Gasteiger partial charge on any atom is -0.408 e. The van der Waals surface area contributed by atoms with E-state index in [4.69, 9.17) is 4.74 Å². The number of carbonyl (C=O) groups is 1. The Labute approximate surface area is 76.7 Å². The summed E-state index contributed by atoms with van der Waals surface area (Å²) >= 11 is 0. The fraction of sp³-hybridized carbons (Fsp3) is 0.400. The highest BCUT2D eigenvalue weighted by atomic mass is 16.5. The second-order valence-electron chi connectivity index (χ2n) is 3.30. The molecule has 1 aliphatic carbocycles. The summed E-state index contributed by atoms with van der Waals surface area (Å²) in [6.45, 7) is 1.37. The Hall–Kier alpha value is -1.38. The number of hydrogen-bond donors (Lipinski definition) is 0. The second-order valence-corrected chi connectivity index (χ2v) is 3.30. The molecule has 0 bridgehead atoms. The molecule has 68 valence electrons. The fourth-order valence-corrected chi connectivity index (χ4v) is 1.26. The third kappa shape index (κ3) is 2.05. The van der Waals surface area contributed by atoms with Crippen LogP contribution in [0, 0.1) is 0 Å². The van der Waals surface area contributed by atoms with Crippen molar-refractivity contribution in [2.24, 2.45) is 0 Å². The monoisotopic (exact) mass is 177 g/mol. The van der Waals surface area contributed by atoms with Crippen LogP contribution in [0.2, 0.25) is 0 Å². The third-order valence-electron chi connectivity index (χ3n) is 2.06. The molecule has 0 atom stereocenters. The Morgan fingerprint density at radius 1 is 1.54 bits per heavy atom. The van der Waals surface area contributed by atoms with E-state index in [0.717, 1.165) is 0 Å². The summed E-state index contributed by atoms with van der Waals surface area (Å²) < 4.78 is 4.82. The molecule has 1 aliphatic rings. The van der Waals surface area contributed by atoms with Crippen LogP contribution in [0.4, 0.5) is 0 Å². The Morgan fingerprint density at radius 3 is 2.77 bits per heavy atom. The Kier molecular flexibility index (Phi) is 2.00. The number of hydrogen-bond acceptors (Lipinski definition) is 3. The standard InChI is InChI=1S/C10H11NO2/c1-7(12)13-10-5-4-9(6-11-10)8-2-3-8/h4-6,8H,2-3H2,1H3. The Bertz CT molecular complexity index is 314. The summed E-state index contributed by atoms with van der Waals surface area (Å²) in [5.74, 6) is 0.752. The molecule has 0 N–H and O–H groups in total. The van der Waals surface area contributed by atoms with Gasteiger partial charge in [-0.1, -0.05) is 6.07 Å². The lowest BCUT2D eigenvalue weighted by Crippen LogP contribution is -2.02. The molecule has 1 aromatic heterocycles. The zero-order valence-corrected chi connectivity index (χ0v) is 7.49. The number of pyridine rings is 1. The van der Waals surface area contributed by atoms with Crippen LogP contribution < -0.4 is 4.74 Å². The summed E-state index contributed by atoms with van der Waals surface area (Å²) in [4.78, 5) is 14.6. The van der Waals surface area contributed by atoms with E-state index < -0.39 is 0 Å². The number of ether oxygens (including phenoxy) is 1. The molecule has 1 fully saturated rings. The van der Waals surface area contributed by atoms with Gasteiger partial charge in [-0.2, -0.15) is 0 Å². The Morgan fingerprint density at radius 2 is 2.31 bits per heavy atom. The predicted molar refractivity (Wildman–Crippen MR) is 47.5 cm³/mol. The van der Waals surface area contributed by atoms with E-state index in [1.165, 1.54) is 25.3 Å². The molecule has 1 aromatic rings. The SMILES string of the molecule is CC(=O)Oc1ccc(C2CC2)cn1. The van der Waals surface area contributed by atoms with E-state index >= 15 is 0 Å². The number of nitrogens with zero attached hydrogens (tertiary/aromatic N) is 1. The predicted octanol–water partition coefficient (Wildman–Crippen LogP) is 1.88. The van der Waals surface area contributed by atoms with Gasteiger partial charge in [0.1, 0.15) is 0 Å². The van der Waals surface area contributed by atoms with Gasteiger partial charge in [0.25, 0.3) is 0 Å². The molecule has 1 saturated carbocycles. The van der Waals surface area contributed by atoms with E-state index in [0.29, 0.717) is 11.8 Å². The lowest BCUT2D eigenvalue weighted by atomic mass is 10.2. The highest BCUT2D eigenvalue weighted by Gasteiger charge is 2.23. The zero-order valence-electron chi connectivity index (χ0n) is 7.49. The minimum absolute atomic E-state index is 0.327. The maximum absolute atomic E-state index is 10.6. The van der Waals surface area contributed by atoms with Crippen molar-refractivity contribution in [1.29, 1.82) is 0 Å².